The fourth-order valence-corrected chi connectivity index (χ4v) is 2.78. The molecule has 0 aliphatic rings. The number of anilines is 2. The van der Waals surface area contributed by atoms with E-state index in [1.54, 1.807) is 41.3 Å². The lowest BCUT2D eigenvalue weighted by molar-refractivity contribution is -0.119. The van der Waals surface area contributed by atoms with Gasteiger partial charge in [-0.2, -0.15) is 0 Å². The number of carbonyl (C=O) groups excluding carboxylic acids is 2. The van der Waals surface area contributed by atoms with E-state index in [1.807, 2.05) is 26.8 Å². The van der Waals surface area contributed by atoms with E-state index in [1.165, 1.54) is 0 Å². The molecule has 2 rings (SSSR count). The third-order valence-corrected chi connectivity index (χ3v) is 4.34. The second-order valence-electron chi connectivity index (χ2n) is 6.32. The maximum absolute atomic E-state index is 12.3. The van der Waals surface area contributed by atoms with Gasteiger partial charge >= 0.3 is 0 Å². The fraction of sp³-hybridized carbons (Fsp3) is 0.333. The van der Waals surface area contributed by atoms with Crippen LogP contribution in [0.15, 0.2) is 42.5 Å². The summed E-state index contributed by atoms with van der Waals surface area (Å²) in [5, 5.41) is 6.23. The number of aryl methyl sites for hydroxylation is 1. The van der Waals surface area contributed by atoms with Crippen molar-refractivity contribution in [2.45, 2.75) is 20.8 Å². The van der Waals surface area contributed by atoms with Gasteiger partial charge in [-0.15, -0.1) is 0 Å². The minimum atomic E-state index is -0.193. The van der Waals surface area contributed by atoms with Crippen LogP contribution in [0.3, 0.4) is 0 Å². The van der Waals surface area contributed by atoms with Gasteiger partial charge in [0.2, 0.25) is 11.8 Å². The lowest BCUT2D eigenvalue weighted by Crippen LogP contribution is -2.38. The summed E-state index contributed by atoms with van der Waals surface area (Å²) >= 11 is 5.98. The van der Waals surface area contributed by atoms with Gasteiger partial charge in [-0.25, -0.2) is 0 Å². The number of halogens is 1. The Labute approximate surface area is 170 Å². The first-order valence-corrected chi connectivity index (χ1v) is 9.60. The van der Waals surface area contributed by atoms with Gasteiger partial charge in [0.15, 0.2) is 0 Å². The Morgan fingerprint density at radius 1 is 1.00 bits per heavy atom. The molecule has 0 fully saturated rings. The molecule has 0 aliphatic carbocycles. The standard InChI is InChI=1S/C21H26ClN3O3/c1-4-25(14-21(27)24-19-12-16(22)7-6-15(19)3)13-20(26)23-17-8-10-18(11-9-17)28-5-2/h6-12H,4-5,13-14H2,1-3H3,(H,23,26)(H,24,27). The molecule has 6 nitrogen and oxygen atoms in total. The van der Waals surface area contributed by atoms with E-state index in [9.17, 15) is 9.59 Å². The summed E-state index contributed by atoms with van der Waals surface area (Å²) in [6, 6.07) is 12.5. The molecular formula is C21H26ClN3O3. The Kier molecular flexibility index (Phi) is 8.29. The largest absolute Gasteiger partial charge is 0.494 e. The van der Waals surface area contributed by atoms with Gasteiger partial charge < -0.3 is 15.4 Å². The molecule has 2 N–H and O–H groups in total. The quantitative estimate of drug-likeness (QED) is 0.665. The lowest BCUT2D eigenvalue weighted by atomic mass is 10.2. The van der Waals surface area contributed by atoms with E-state index >= 15 is 0 Å². The van der Waals surface area contributed by atoms with Crippen molar-refractivity contribution in [2.75, 3.05) is 36.9 Å². The topological polar surface area (TPSA) is 70.7 Å². The van der Waals surface area contributed by atoms with E-state index in [0.717, 1.165) is 11.3 Å². The van der Waals surface area contributed by atoms with Crippen LogP contribution in [0.5, 0.6) is 5.75 Å². The molecule has 7 heteroatoms. The maximum Gasteiger partial charge on any atom is 0.238 e. The van der Waals surface area contributed by atoms with Gasteiger partial charge in [-0.05, 0) is 62.4 Å². The lowest BCUT2D eigenvalue weighted by Gasteiger charge is -2.20. The average Bonchev–Trinajstić information content (AvgIpc) is 2.66. The number of hydrogen-bond acceptors (Lipinski definition) is 4. The van der Waals surface area contributed by atoms with Gasteiger partial charge in [0.25, 0.3) is 0 Å². The first-order chi connectivity index (χ1) is 13.4. The highest BCUT2D eigenvalue weighted by atomic mass is 35.5. The van der Waals surface area contributed by atoms with Crippen molar-refractivity contribution in [2.24, 2.45) is 0 Å². The summed E-state index contributed by atoms with van der Waals surface area (Å²) < 4.78 is 5.38. The second kappa shape index (κ2) is 10.7. The van der Waals surface area contributed by atoms with Gasteiger partial charge in [-0.1, -0.05) is 24.6 Å². The number of rotatable bonds is 9. The Bertz CT molecular complexity index is 809. The predicted octanol–water partition coefficient (Wildman–Crippen LogP) is 3.95. The zero-order valence-corrected chi connectivity index (χ0v) is 17.2. The second-order valence-corrected chi connectivity index (χ2v) is 6.75. The van der Waals surface area contributed by atoms with Gasteiger partial charge in [0, 0.05) is 16.4 Å². The van der Waals surface area contributed by atoms with Crippen molar-refractivity contribution in [1.29, 1.82) is 0 Å². The van der Waals surface area contributed by atoms with Gasteiger partial charge in [0.05, 0.1) is 19.7 Å². The van der Waals surface area contributed by atoms with Crippen LogP contribution in [0, 0.1) is 6.92 Å². The minimum absolute atomic E-state index is 0.110. The molecule has 2 aromatic carbocycles. The summed E-state index contributed by atoms with van der Waals surface area (Å²) in [7, 11) is 0. The highest BCUT2D eigenvalue weighted by molar-refractivity contribution is 6.31. The number of nitrogens with one attached hydrogen (secondary N) is 2. The van der Waals surface area contributed by atoms with Crippen molar-refractivity contribution in [1.82, 2.24) is 4.90 Å². The zero-order chi connectivity index (χ0) is 20.5. The SMILES string of the molecule is CCOc1ccc(NC(=O)CN(CC)CC(=O)Nc2cc(Cl)ccc2C)cc1. The number of nitrogens with zero attached hydrogens (tertiary/aromatic N) is 1. The summed E-state index contributed by atoms with van der Waals surface area (Å²) in [6.07, 6.45) is 0. The molecule has 0 saturated heterocycles. The molecule has 2 aromatic rings. The van der Waals surface area contributed by atoms with Crippen molar-refractivity contribution >= 4 is 34.8 Å². The van der Waals surface area contributed by atoms with E-state index in [2.05, 4.69) is 10.6 Å². The van der Waals surface area contributed by atoms with E-state index in [-0.39, 0.29) is 24.9 Å². The zero-order valence-electron chi connectivity index (χ0n) is 16.4. The Morgan fingerprint density at radius 3 is 2.25 bits per heavy atom. The molecule has 2 amide bonds. The molecule has 0 heterocycles. The average molecular weight is 404 g/mol. The number of likely N-dealkylation sites (N-methyl/N-ethyl adjacent to an activating group) is 1. The third kappa shape index (κ3) is 6.87. The summed E-state index contributed by atoms with van der Waals surface area (Å²) in [6.45, 7) is 7.10. The van der Waals surface area contributed by atoms with Crippen molar-refractivity contribution < 1.29 is 14.3 Å². The van der Waals surface area contributed by atoms with Crippen LogP contribution in [-0.2, 0) is 9.59 Å². The van der Waals surface area contributed by atoms with E-state index < -0.39 is 0 Å². The minimum Gasteiger partial charge on any atom is -0.494 e. The molecule has 0 aliphatic heterocycles. The molecule has 0 radical (unpaired) electrons. The Morgan fingerprint density at radius 2 is 1.64 bits per heavy atom. The van der Waals surface area contributed by atoms with Crippen molar-refractivity contribution in [3.05, 3.63) is 53.1 Å². The molecular weight excluding hydrogens is 378 g/mol. The monoisotopic (exact) mass is 403 g/mol. The van der Waals surface area contributed by atoms with Crippen LogP contribution in [-0.4, -0.2) is 43.0 Å². The van der Waals surface area contributed by atoms with Crippen LogP contribution < -0.4 is 15.4 Å². The number of carbonyl (C=O) groups is 2. The number of hydrogen-bond donors (Lipinski definition) is 2. The molecule has 0 spiro atoms. The summed E-state index contributed by atoms with van der Waals surface area (Å²) in [4.78, 5) is 26.4. The van der Waals surface area contributed by atoms with Crippen molar-refractivity contribution in [3.8, 4) is 5.75 Å². The van der Waals surface area contributed by atoms with Gasteiger partial charge in [0.1, 0.15) is 5.75 Å². The predicted molar refractivity (Wildman–Crippen MR) is 113 cm³/mol. The molecule has 0 unspecified atom stereocenters. The first-order valence-electron chi connectivity index (χ1n) is 9.22. The van der Waals surface area contributed by atoms with Crippen LogP contribution in [0.25, 0.3) is 0 Å². The molecule has 0 atom stereocenters. The molecule has 0 bridgehead atoms. The normalized spacial score (nSPS) is 10.6. The highest BCUT2D eigenvalue weighted by Gasteiger charge is 2.14. The molecule has 150 valence electrons. The Balaban J connectivity index is 1.87. The fourth-order valence-electron chi connectivity index (χ4n) is 2.61. The smallest absolute Gasteiger partial charge is 0.238 e. The van der Waals surface area contributed by atoms with Crippen LogP contribution in [0.1, 0.15) is 19.4 Å². The molecule has 0 saturated carbocycles. The summed E-state index contributed by atoms with van der Waals surface area (Å²) in [5.74, 6) is 0.377. The van der Waals surface area contributed by atoms with E-state index in [0.29, 0.717) is 29.5 Å². The Hall–Kier alpha value is -2.57. The van der Waals surface area contributed by atoms with Crippen LogP contribution in [0.2, 0.25) is 5.02 Å². The molecule has 0 aromatic heterocycles. The number of ether oxygens (including phenoxy) is 1. The first kappa shape index (κ1) is 21.7. The van der Waals surface area contributed by atoms with Crippen LogP contribution >= 0.6 is 11.6 Å². The number of amides is 2. The summed E-state index contributed by atoms with van der Waals surface area (Å²) in [5.41, 5.74) is 2.28. The van der Waals surface area contributed by atoms with Crippen LogP contribution in [0.4, 0.5) is 11.4 Å². The molecule has 28 heavy (non-hydrogen) atoms. The van der Waals surface area contributed by atoms with E-state index in [4.69, 9.17) is 16.3 Å². The van der Waals surface area contributed by atoms with Gasteiger partial charge in [-0.3, -0.25) is 14.5 Å². The van der Waals surface area contributed by atoms with Crippen molar-refractivity contribution in [3.63, 3.8) is 0 Å². The third-order valence-electron chi connectivity index (χ3n) is 4.10. The maximum atomic E-state index is 12.3. The highest BCUT2D eigenvalue weighted by Crippen LogP contribution is 2.20. The number of benzene rings is 2.